The van der Waals surface area contributed by atoms with E-state index in [1.165, 1.54) is 19.1 Å². The van der Waals surface area contributed by atoms with Crippen LogP contribution in [0.3, 0.4) is 0 Å². The van der Waals surface area contributed by atoms with Crippen LogP contribution in [0.15, 0.2) is 18.2 Å². The monoisotopic (exact) mass is 278 g/mol. The van der Waals surface area contributed by atoms with Crippen molar-refractivity contribution in [2.75, 3.05) is 5.32 Å². The maximum absolute atomic E-state index is 12.7. The normalized spacial score (nSPS) is 11.5. The van der Waals surface area contributed by atoms with E-state index in [9.17, 15) is 27.2 Å². The van der Waals surface area contributed by atoms with Gasteiger partial charge in [0, 0.05) is 11.3 Å². The van der Waals surface area contributed by atoms with E-state index < -0.39 is 24.2 Å². The number of anilines is 1. The number of alkyl halides is 4. The number of hydrogen-bond acceptors (Lipinski definition) is 2. The molecule has 2 amide bonds. The molecule has 3 N–H and O–H groups in total. The van der Waals surface area contributed by atoms with E-state index in [0.29, 0.717) is 0 Å². The second-order valence-corrected chi connectivity index (χ2v) is 3.77. The molecule has 19 heavy (non-hydrogen) atoms. The summed E-state index contributed by atoms with van der Waals surface area (Å²) in [5, 5.41) is 1.68. The van der Waals surface area contributed by atoms with Crippen LogP contribution in [-0.2, 0) is 4.79 Å². The maximum atomic E-state index is 12.7. The number of rotatable bonds is 4. The summed E-state index contributed by atoms with van der Waals surface area (Å²) in [6, 6.07) is 3.57. The summed E-state index contributed by atoms with van der Waals surface area (Å²) in [5.74, 6) is -7.63. The molecule has 0 aliphatic carbocycles. The Labute approximate surface area is 105 Å². The van der Waals surface area contributed by atoms with Gasteiger partial charge in [0.15, 0.2) is 0 Å². The van der Waals surface area contributed by atoms with E-state index >= 15 is 0 Å². The lowest BCUT2D eigenvalue weighted by Gasteiger charge is -2.16. The van der Waals surface area contributed by atoms with Crippen LogP contribution in [0.5, 0.6) is 0 Å². The molecule has 4 nitrogen and oxygen atoms in total. The summed E-state index contributed by atoms with van der Waals surface area (Å²) in [4.78, 5) is 21.9. The molecule has 0 saturated carbocycles. The number of amides is 2. The zero-order valence-electron chi connectivity index (χ0n) is 9.72. The van der Waals surface area contributed by atoms with Crippen LogP contribution in [0.1, 0.15) is 15.9 Å². The van der Waals surface area contributed by atoms with Crippen molar-refractivity contribution in [3.63, 3.8) is 0 Å². The van der Waals surface area contributed by atoms with Gasteiger partial charge in [-0.1, -0.05) is 0 Å². The highest BCUT2D eigenvalue weighted by Crippen LogP contribution is 2.26. The molecule has 0 heterocycles. The van der Waals surface area contributed by atoms with Crippen molar-refractivity contribution in [3.8, 4) is 0 Å². The topological polar surface area (TPSA) is 72.2 Å². The molecule has 1 aromatic rings. The summed E-state index contributed by atoms with van der Waals surface area (Å²) < 4.78 is 49.4. The van der Waals surface area contributed by atoms with E-state index in [1.807, 2.05) is 0 Å². The quantitative estimate of drug-likeness (QED) is 0.826. The third-order valence-electron chi connectivity index (χ3n) is 2.34. The van der Waals surface area contributed by atoms with Gasteiger partial charge in [0.1, 0.15) is 0 Å². The molecular formula is C11H10F4N2O2. The van der Waals surface area contributed by atoms with Crippen molar-refractivity contribution in [2.24, 2.45) is 5.73 Å². The van der Waals surface area contributed by atoms with Gasteiger partial charge in [0.25, 0.3) is 0 Å². The lowest BCUT2D eigenvalue weighted by Crippen LogP contribution is -2.41. The molecule has 0 atom stereocenters. The van der Waals surface area contributed by atoms with Gasteiger partial charge in [-0.3, -0.25) is 9.59 Å². The molecule has 104 valence electrons. The minimum atomic E-state index is -4.78. The Hall–Kier alpha value is -2.12. The van der Waals surface area contributed by atoms with Gasteiger partial charge in [-0.2, -0.15) is 8.78 Å². The second kappa shape index (κ2) is 5.25. The molecule has 8 heteroatoms. The number of aryl methyl sites for hydroxylation is 1. The Morgan fingerprint density at radius 2 is 1.89 bits per heavy atom. The molecule has 1 rings (SSSR count). The summed E-state index contributed by atoms with van der Waals surface area (Å²) in [6.45, 7) is 1.41. The van der Waals surface area contributed by atoms with Crippen molar-refractivity contribution in [1.29, 1.82) is 0 Å². The third kappa shape index (κ3) is 3.21. The fourth-order valence-corrected chi connectivity index (χ4v) is 1.26. The van der Waals surface area contributed by atoms with Crippen LogP contribution < -0.4 is 11.1 Å². The number of benzene rings is 1. The van der Waals surface area contributed by atoms with Crippen LogP contribution in [-0.4, -0.2) is 24.2 Å². The Balaban J connectivity index is 2.95. The fourth-order valence-electron chi connectivity index (χ4n) is 1.26. The zero-order chi connectivity index (χ0) is 14.8. The predicted octanol–water partition coefficient (Wildman–Crippen LogP) is 1.93. The second-order valence-electron chi connectivity index (χ2n) is 3.77. The fraction of sp³-hybridized carbons (Fsp3) is 0.273. The van der Waals surface area contributed by atoms with E-state index in [0.717, 1.165) is 6.07 Å². The minimum absolute atomic E-state index is 0.102. The average molecular weight is 278 g/mol. The largest absolute Gasteiger partial charge is 0.383 e. The number of nitrogens with two attached hydrogens (primary N) is 1. The van der Waals surface area contributed by atoms with Crippen molar-refractivity contribution in [3.05, 3.63) is 29.3 Å². The van der Waals surface area contributed by atoms with Gasteiger partial charge in [-0.15, -0.1) is 0 Å². The molecule has 0 fully saturated rings. The summed E-state index contributed by atoms with van der Waals surface area (Å²) in [5.41, 5.74) is 5.25. The standard InChI is InChI=1S/C11H10F4N2O2/c1-5-4-6(8(16)18)2-3-7(5)17-10(19)11(14,15)9(12)13/h2-4,9H,1H3,(H2,16,18)(H,17,19). The van der Waals surface area contributed by atoms with E-state index in [1.54, 1.807) is 5.32 Å². The Morgan fingerprint density at radius 3 is 2.32 bits per heavy atom. The lowest BCUT2D eigenvalue weighted by atomic mass is 10.1. The summed E-state index contributed by atoms with van der Waals surface area (Å²) in [6.07, 6.45) is -4.10. The SMILES string of the molecule is Cc1cc(C(N)=O)ccc1NC(=O)C(F)(F)C(F)F. The molecule has 0 radical (unpaired) electrons. The smallest absolute Gasteiger partial charge is 0.366 e. The number of halogens is 4. The molecule has 0 bridgehead atoms. The van der Waals surface area contributed by atoms with Gasteiger partial charge in [0.2, 0.25) is 5.91 Å². The first-order valence-corrected chi connectivity index (χ1v) is 5.04. The predicted molar refractivity (Wildman–Crippen MR) is 59.3 cm³/mol. The lowest BCUT2D eigenvalue weighted by molar-refractivity contribution is -0.163. The Morgan fingerprint density at radius 1 is 1.32 bits per heavy atom. The number of nitrogens with one attached hydrogen (secondary N) is 1. The molecule has 0 unspecified atom stereocenters. The summed E-state index contributed by atoms with van der Waals surface area (Å²) >= 11 is 0. The Kier molecular flexibility index (Phi) is 4.13. The first kappa shape index (κ1) is 14.9. The van der Waals surface area contributed by atoms with Crippen molar-refractivity contribution in [2.45, 2.75) is 19.3 Å². The van der Waals surface area contributed by atoms with Crippen molar-refractivity contribution >= 4 is 17.5 Å². The van der Waals surface area contributed by atoms with Gasteiger partial charge in [-0.25, -0.2) is 8.78 Å². The number of carbonyl (C=O) groups is 2. The molecule has 0 saturated heterocycles. The third-order valence-corrected chi connectivity index (χ3v) is 2.34. The molecule has 0 aromatic heterocycles. The van der Waals surface area contributed by atoms with Crippen LogP contribution in [0.25, 0.3) is 0 Å². The molecular weight excluding hydrogens is 268 g/mol. The minimum Gasteiger partial charge on any atom is -0.366 e. The zero-order valence-corrected chi connectivity index (χ0v) is 9.72. The molecule has 1 aromatic carbocycles. The summed E-state index contributed by atoms with van der Waals surface area (Å²) in [7, 11) is 0. The highest BCUT2D eigenvalue weighted by molar-refractivity contribution is 5.98. The highest BCUT2D eigenvalue weighted by Gasteiger charge is 2.49. The number of carbonyl (C=O) groups excluding carboxylic acids is 2. The van der Waals surface area contributed by atoms with Gasteiger partial charge < -0.3 is 11.1 Å². The molecule has 0 aliphatic heterocycles. The van der Waals surface area contributed by atoms with Crippen molar-refractivity contribution < 1.29 is 27.2 Å². The average Bonchev–Trinajstić information content (AvgIpc) is 2.30. The van der Waals surface area contributed by atoms with Gasteiger partial charge in [-0.05, 0) is 30.7 Å². The van der Waals surface area contributed by atoms with Crippen molar-refractivity contribution in [1.82, 2.24) is 0 Å². The van der Waals surface area contributed by atoms with Crippen LogP contribution in [0, 0.1) is 6.92 Å². The van der Waals surface area contributed by atoms with Gasteiger partial charge >= 0.3 is 18.3 Å². The molecule has 0 spiro atoms. The van der Waals surface area contributed by atoms with Gasteiger partial charge in [0.05, 0.1) is 0 Å². The molecule has 0 aliphatic rings. The first-order valence-electron chi connectivity index (χ1n) is 5.04. The van der Waals surface area contributed by atoms with Crippen LogP contribution in [0.4, 0.5) is 23.2 Å². The Bertz CT molecular complexity index is 517. The number of hydrogen-bond donors (Lipinski definition) is 2. The van der Waals surface area contributed by atoms with E-state index in [2.05, 4.69) is 0 Å². The highest BCUT2D eigenvalue weighted by atomic mass is 19.3. The van der Waals surface area contributed by atoms with Crippen LogP contribution in [0.2, 0.25) is 0 Å². The maximum Gasteiger partial charge on any atom is 0.383 e. The number of primary amides is 1. The first-order chi connectivity index (χ1) is 8.66. The van der Waals surface area contributed by atoms with Crippen LogP contribution >= 0.6 is 0 Å². The van der Waals surface area contributed by atoms with E-state index in [-0.39, 0.29) is 16.8 Å². The van der Waals surface area contributed by atoms with E-state index in [4.69, 9.17) is 5.73 Å².